The van der Waals surface area contributed by atoms with Gasteiger partial charge in [0.2, 0.25) is 5.91 Å². The van der Waals surface area contributed by atoms with Gasteiger partial charge in [0.1, 0.15) is 6.54 Å². The third kappa shape index (κ3) is 6.53. The molecule has 0 aromatic heterocycles. The fourth-order valence-corrected chi connectivity index (χ4v) is 2.88. The Bertz CT molecular complexity index is 784. The van der Waals surface area contributed by atoms with Gasteiger partial charge < -0.3 is 20.3 Å². The highest BCUT2D eigenvalue weighted by atomic mass is 16.5. The van der Waals surface area contributed by atoms with Crippen LogP contribution >= 0.6 is 0 Å². The molecule has 0 aliphatic heterocycles. The molecule has 1 unspecified atom stereocenters. The molecular weight excluding hydrogens is 352 g/mol. The Kier molecular flexibility index (Phi) is 8.75. The summed E-state index contributed by atoms with van der Waals surface area (Å²) < 4.78 is 5.38. The zero-order valence-corrected chi connectivity index (χ0v) is 17.4. The number of fused-ring (bicyclic) bond motifs is 1. The Labute approximate surface area is 168 Å². The van der Waals surface area contributed by atoms with Crippen LogP contribution < -0.4 is 10.6 Å². The Morgan fingerprint density at radius 1 is 1.18 bits per heavy atom. The molecule has 0 spiro atoms. The molecule has 0 bridgehead atoms. The standard InChI is InChI=1S/C22H32N4O2/c1-5-28-15-9-14-23-22(24-16-21(27)26(3)4)25-17(2)19-13-8-11-18-10-6-7-12-20(18)19/h6-8,10-13,17H,5,9,14-16H2,1-4H3,(H2,23,24,25). The monoisotopic (exact) mass is 384 g/mol. The van der Waals surface area contributed by atoms with Crippen LogP contribution in [-0.4, -0.2) is 57.2 Å². The molecule has 2 aromatic carbocycles. The number of carbonyl (C=O) groups is 1. The first-order chi connectivity index (χ1) is 13.5. The molecule has 0 saturated heterocycles. The van der Waals surface area contributed by atoms with Gasteiger partial charge in [-0.15, -0.1) is 0 Å². The van der Waals surface area contributed by atoms with Gasteiger partial charge >= 0.3 is 0 Å². The minimum atomic E-state index is -0.0340. The average Bonchev–Trinajstić information content (AvgIpc) is 2.70. The van der Waals surface area contributed by atoms with Crippen molar-refractivity contribution in [1.29, 1.82) is 0 Å². The van der Waals surface area contributed by atoms with Crippen molar-refractivity contribution in [2.75, 3.05) is 40.4 Å². The highest BCUT2D eigenvalue weighted by molar-refractivity contribution is 5.88. The van der Waals surface area contributed by atoms with Crippen LogP contribution in [0.5, 0.6) is 0 Å². The summed E-state index contributed by atoms with van der Waals surface area (Å²) in [6, 6.07) is 14.7. The first-order valence-corrected chi connectivity index (χ1v) is 9.83. The number of nitrogens with zero attached hydrogens (tertiary/aromatic N) is 2. The predicted molar refractivity (Wildman–Crippen MR) is 116 cm³/mol. The van der Waals surface area contributed by atoms with E-state index in [1.807, 2.05) is 13.0 Å². The number of likely N-dealkylation sites (N-methyl/N-ethyl adjacent to an activating group) is 1. The van der Waals surface area contributed by atoms with Gasteiger partial charge in [-0.3, -0.25) is 4.79 Å². The molecule has 6 nitrogen and oxygen atoms in total. The van der Waals surface area contributed by atoms with Crippen molar-refractivity contribution >= 4 is 22.6 Å². The molecule has 0 aliphatic carbocycles. The minimum Gasteiger partial charge on any atom is -0.382 e. The van der Waals surface area contributed by atoms with Gasteiger partial charge in [-0.25, -0.2) is 4.99 Å². The largest absolute Gasteiger partial charge is 0.382 e. The zero-order chi connectivity index (χ0) is 20.4. The number of rotatable bonds is 9. The number of benzene rings is 2. The second kappa shape index (κ2) is 11.3. The smallest absolute Gasteiger partial charge is 0.243 e. The van der Waals surface area contributed by atoms with Crippen molar-refractivity contribution in [2.24, 2.45) is 4.99 Å². The molecule has 2 rings (SSSR count). The van der Waals surface area contributed by atoms with E-state index in [-0.39, 0.29) is 18.5 Å². The zero-order valence-electron chi connectivity index (χ0n) is 17.4. The van der Waals surface area contributed by atoms with E-state index in [0.717, 1.165) is 13.0 Å². The van der Waals surface area contributed by atoms with Crippen molar-refractivity contribution in [1.82, 2.24) is 15.5 Å². The lowest BCUT2D eigenvalue weighted by Gasteiger charge is -2.20. The molecule has 28 heavy (non-hydrogen) atoms. The number of amides is 1. The Hall–Kier alpha value is -2.60. The summed E-state index contributed by atoms with van der Waals surface area (Å²) in [5, 5.41) is 9.17. The maximum Gasteiger partial charge on any atom is 0.243 e. The highest BCUT2D eigenvalue weighted by Crippen LogP contribution is 2.23. The normalized spacial score (nSPS) is 12.6. The quantitative estimate of drug-likeness (QED) is 0.396. The Morgan fingerprint density at radius 2 is 1.93 bits per heavy atom. The van der Waals surface area contributed by atoms with E-state index < -0.39 is 0 Å². The van der Waals surface area contributed by atoms with E-state index >= 15 is 0 Å². The van der Waals surface area contributed by atoms with Crippen molar-refractivity contribution in [3.05, 3.63) is 48.0 Å². The molecule has 2 aromatic rings. The minimum absolute atomic E-state index is 0.0340. The number of ether oxygens (including phenoxy) is 1. The van der Waals surface area contributed by atoms with Gasteiger partial charge in [0.15, 0.2) is 5.96 Å². The van der Waals surface area contributed by atoms with Crippen LogP contribution in [0.3, 0.4) is 0 Å². The van der Waals surface area contributed by atoms with Crippen molar-refractivity contribution in [3.63, 3.8) is 0 Å². The van der Waals surface area contributed by atoms with Crippen LogP contribution in [0.25, 0.3) is 10.8 Å². The van der Waals surface area contributed by atoms with E-state index in [0.29, 0.717) is 19.2 Å². The fraction of sp³-hybridized carbons (Fsp3) is 0.455. The summed E-state index contributed by atoms with van der Waals surface area (Å²) in [6.45, 7) is 6.34. The molecule has 6 heteroatoms. The van der Waals surface area contributed by atoms with E-state index in [1.165, 1.54) is 16.3 Å². The molecule has 1 amide bonds. The molecule has 0 fully saturated rings. The van der Waals surface area contributed by atoms with E-state index in [1.54, 1.807) is 19.0 Å². The summed E-state index contributed by atoms with van der Waals surface area (Å²) in [5.74, 6) is 0.598. The maximum absolute atomic E-state index is 11.9. The molecule has 0 saturated carbocycles. The maximum atomic E-state index is 11.9. The molecule has 0 aliphatic rings. The molecule has 152 valence electrons. The molecule has 0 heterocycles. The predicted octanol–water partition coefficient (Wildman–Crippen LogP) is 2.95. The molecular formula is C22H32N4O2. The number of aliphatic imine (C=N–C) groups is 1. The van der Waals surface area contributed by atoms with Gasteiger partial charge in [0.25, 0.3) is 0 Å². The van der Waals surface area contributed by atoms with E-state index in [2.05, 4.69) is 58.9 Å². The topological polar surface area (TPSA) is 66.0 Å². The summed E-state index contributed by atoms with van der Waals surface area (Å²) in [5.41, 5.74) is 1.20. The van der Waals surface area contributed by atoms with Gasteiger partial charge in [-0.2, -0.15) is 0 Å². The third-order valence-electron chi connectivity index (χ3n) is 4.48. The number of nitrogens with one attached hydrogen (secondary N) is 2. The lowest BCUT2D eigenvalue weighted by Crippen LogP contribution is -2.40. The second-order valence-electron chi connectivity index (χ2n) is 6.86. The van der Waals surface area contributed by atoms with Gasteiger partial charge in [-0.05, 0) is 36.6 Å². The van der Waals surface area contributed by atoms with Crippen molar-refractivity contribution in [2.45, 2.75) is 26.3 Å². The summed E-state index contributed by atoms with van der Waals surface area (Å²) >= 11 is 0. The summed E-state index contributed by atoms with van der Waals surface area (Å²) in [6.07, 6.45) is 0.874. The van der Waals surface area contributed by atoms with Crippen LogP contribution in [0, 0.1) is 0 Å². The Morgan fingerprint density at radius 3 is 2.68 bits per heavy atom. The van der Waals surface area contributed by atoms with Crippen LogP contribution in [0.15, 0.2) is 47.5 Å². The Balaban J connectivity index is 2.10. The third-order valence-corrected chi connectivity index (χ3v) is 4.48. The lowest BCUT2D eigenvalue weighted by molar-refractivity contribution is -0.127. The fourth-order valence-electron chi connectivity index (χ4n) is 2.88. The number of hydrogen-bond donors (Lipinski definition) is 2. The van der Waals surface area contributed by atoms with Crippen molar-refractivity contribution < 1.29 is 9.53 Å². The van der Waals surface area contributed by atoms with Gasteiger partial charge in [0.05, 0.1) is 6.04 Å². The lowest BCUT2D eigenvalue weighted by atomic mass is 10.00. The van der Waals surface area contributed by atoms with Crippen LogP contribution in [0.1, 0.15) is 31.9 Å². The number of carbonyl (C=O) groups excluding carboxylic acids is 1. The molecule has 0 radical (unpaired) electrons. The highest BCUT2D eigenvalue weighted by Gasteiger charge is 2.12. The van der Waals surface area contributed by atoms with Crippen LogP contribution in [0.4, 0.5) is 0 Å². The molecule has 1 atom stereocenters. The van der Waals surface area contributed by atoms with Gasteiger partial charge in [-0.1, -0.05) is 42.5 Å². The summed E-state index contributed by atoms with van der Waals surface area (Å²) in [7, 11) is 3.47. The first kappa shape index (κ1) is 21.7. The van der Waals surface area contributed by atoms with E-state index in [9.17, 15) is 4.79 Å². The first-order valence-electron chi connectivity index (χ1n) is 9.83. The average molecular weight is 385 g/mol. The van der Waals surface area contributed by atoms with E-state index in [4.69, 9.17) is 4.74 Å². The molecule has 2 N–H and O–H groups in total. The van der Waals surface area contributed by atoms with Crippen molar-refractivity contribution in [3.8, 4) is 0 Å². The van der Waals surface area contributed by atoms with Gasteiger partial charge in [0, 0.05) is 33.9 Å². The SMILES string of the molecule is CCOCCCNC(=NCC(=O)N(C)C)NC(C)c1cccc2ccccc12. The summed E-state index contributed by atoms with van der Waals surface area (Å²) in [4.78, 5) is 18.0. The second-order valence-corrected chi connectivity index (χ2v) is 6.86. The van der Waals surface area contributed by atoms with Crippen LogP contribution in [-0.2, 0) is 9.53 Å². The van der Waals surface area contributed by atoms with Crippen LogP contribution in [0.2, 0.25) is 0 Å². The number of hydrogen-bond acceptors (Lipinski definition) is 3. The number of guanidine groups is 1.